The fraction of sp³-hybridized carbons (Fsp3) is 0.833. The van der Waals surface area contributed by atoms with Crippen LogP contribution in [-0.4, -0.2) is 47.7 Å². The Morgan fingerprint density at radius 2 is 2.06 bits per heavy atom. The number of rotatable bonds is 9. The molecule has 1 N–H and O–H groups in total. The van der Waals surface area contributed by atoms with Gasteiger partial charge in [-0.1, -0.05) is 0 Å². The highest BCUT2D eigenvalue weighted by Crippen LogP contribution is 2.27. The molecule has 98 valence electrons. The van der Waals surface area contributed by atoms with E-state index in [0.717, 1.165) is 12.8 Å². The third kappa shape index (κ3) is 5.68. The molecular weight excluding hydrogens is 222 g/mol. The fourth-order valence-corrected chi connectivity index (χ4v) is 1.73. The van der Waals surface area contributed by atoms with Crippen molar-refractivity contribution >= 4 is 11.9 Å². The van der Waals surface area contributed by atoms with E-state index in [2.05, 4.69) is 0 Å². The molecular formula is C12H21NO4. The van der Waals surface area contributed by atoms with Crippen LogP contribution in [-0.2, 0) is 14.3 Å². The third-order valence-corrected chi connectivity index (χ3v) is 2.76. The van der Waals surface area contributed by atoms with Crippen molar-refractivity contribution in [3.05, 3.63) is 0 Å². The lowest BCUT2D eigenvalue weighted by Gasteiger charge is -2.21. The number of carboxylic acids is 1. The number of hydrogen-bond acceptors (Lipinski definition) is 3. The summed E-state index contributed by atoms with van der Waals surface area (Å²) in [6.45, 7) is 3.53. The van der Waals surface area contributed by atoms with E-state index in [4.69, 9.17) is 9.84 Å². The first-order chi connectivity index (χ1) is 8.15. The zero-order valence-electron chi connectivity index (χ0n) is 10.4. The zero-order chi connectivity index (χ0) is 12.7. The Balaban J connectivity index is 2.25. The summed E-state index contributed by atoms with van der Waals surface area (Å²) >= 11 is 0. The van der Waals surface area contributed by atoms with Crippen LogP contribution in [0.2, 0.25) is 0 Å². The number of aliphatic carboxylic acids is 1. The van der Waals surface area contributed by atoms with Crippen LogP contribution in [0.15, 0.2) is 0 Å². The smallest absolute Gasteiger partial charge is 0.305 e. The molecule has 1 rings (SSSR count). The third-order valence-electron chi connectivity index (χ3n) is 2.76. The fourth-order valence-electron chi connectivity index (χ4n) is 1.73. The molecule has 0 saturated heterocycles. The Morgan fingerprint density at radius 1 is 1.35 bits per heavy atom. The van der Waals surface area contributed by atoms with Gasteiger partial charge in [-0.3, -0.25) is 9.59 Å². The van der Waals surface area contributed by atoms with Gasteiger partial charge in [-0.2, -0.15) is 0 Å². The van der Waals surface area contributed by atoms with Crippen LogP contribution < -0.4 is 0 Å². The standard InChI is InChI=1S/C12H21NO4/c1-2-17-9-3-4-11(14)13(10-5-6-10)8-7-12(15)16/h10H,2-9H2,1H3,(H,15,16). The van der Waals surface area contributed by atoms with E-state index in [9.17, 15) is 9.59 Å². The molecule has 0 unspecified atom stereocenters. The minimum absolute atomic E-state index is 0.0354. The quantitative estimate of drug-likeness (QED) is 0.619. The first-order valence-corrected chi connectivity index (χ1v) is 6.24. The first kappa shape index (κ1) is 14.0. The molecule has 0 aromatic rings. The van der Waals surface area contributed by atoms with E-state index >= 15 is 0 Å². The van der Waals surface area contributed by atoms with Gasteiger partial charge in [0.05, 0.1) is 6.42 Å². The minimum atomic E-state index is -0.849. The Morgan fingerprint density at radius 3 is 2.59 bits per heavy atom. The summed E-state index contributed by atoms with van der Waals surface area (Å²) in [6.07, 6.45) is 3.22. The summed E-state index contributed by atoms with van der Waals surface area (Å²) < 4.78 is 5.17. The van der Waals surface area contributed by atoms with Crippen LogP contribution in [0.3, 0.4) is 0 Å². The van der Waals surface area contributed by atoms with E-state index in [1.807, 2.05) is 6.92 Å². The van der Waals surface area contributed by atoms with Crippen molar-refractivity contribution < 1.29 is 19.4 Å². The summed E-state index contributed by atoms with van der Waals surface area (Å²) in [5, 5.41) is 8.63. The molecule has 0 spiro atoms. The molecule has 0 bridgehead atoms. The van der Waals surface area contributed by atoms with Gasteiger partial charge in [0, 0.05) is 32.2 Å². The molecule has 1 aliphatic rings. The molecule has 1 amide bonds. The molecule has 1 aliphatic carbocycles. The van der Waals surface area contributed by atoms with E-state index in [0.29, 0.717) is 32.6 Å². The van der Waals surface area contributed by atoms with Crippen LogP contribution in [0.5, 0.6) is 0 Å². The topological polar surface area (TPSA) is 66.8 Å². The molecule has 17 heavy (non-hydrogen) atoms. The highest BCUT2D eigenvalue weighted by Gasteiger charge is 2.32. The van der Waals surface area contributed by atoms with Gasteiger partial charge in [-0.05, 0) is 26.2 Å². The second kappa shape index (κ2) is 7.27. The number of carbonyl (C=O) groups excluding carboxylic acids is 1. The lowest BCUT2D eigenvalue weighted by atomic mass is 10.2. The first-order valence-electron chi connectivity index (χ1n) is 6.24. The Kier molecular flexibility index (Phi) is 5.97. The van der Waals surface area contributed by atoms with E-state index in [1.165, 1.54) is 0 Å². The predicted octanol–water partition coefficient (Wildman–Crippen LogP) is 1.27. The maximum absolute atomic E-state index is 11.9. The average Bonchev–Trinajstić information content (AvgIpc) is 3.08. The Hall–Kier alpha value is -1.10. The summed E-state index contributed by atoms with van der Waals surface area (Å²) in [7, 11) is 0. The highest BCUT2D eigenvalue weighted by molar-refractivity contribution is 5.77. The van der Waals surface area contributed by atoms with Crippen LogP contribution in [0.1, 0.15) is 39.0 Å². The van der Waals surface area contributed by atoms with Gasteiger partial charge in [-0.25, -0.2) is 0 Å². The molecule has 0 heterocycles. The van der Waals surface area contributed by atoms with Crippen molar-refractivity contribution in [2.45, 2.75) is 45.1 Å². The number of nitrogens with zero attached hydrogens (tertiary/aromatic N) is 1. The SMILES string of the molecule is CCOCCCC(=O)N(CCC(=O)O)C1CC1. The normalized spacial score (nSPS) is 14.6. The number of amides is 1. The van der Waals surface area contributed by atoms with Gasteiger partial charge in [-0.15, -0.1) is 0 Å². The average molecular weight is 243 g/mol. The Labute approximate surface area is 102 Å². The van der Waals surface area contributed by atoms with Crippen LogP contribution in [0, 0.1) is 0 Å². The zero-order valence-corrected chi connectivity index (χ0v) is 10.4. The molecule has 0 radical (unpaired) electrons. The summed E-state index contributed by atoms with van der Waals surface area (Å²) in [6, 6.07) is 0.286. The molecule has 0 atom stereocenters. The maximum Gasteiger partial charge on any atom is 0.305 e. The van der Waals surface area contributed by atoms with Crippen molar-refractivity contribution in [1.82, 2.24) is 4.90 Å². The molecule has 0 aromatic carbocycles. The lowest BCUT2D eigenvalue weighted by molar-refractivity contribution is -0.138. The molecule has 0 aromatic heterocycles. The monoisotopic (exact) mass is 243 g/mol. The van der Waals surface area contributed by atoms with Gasteiger partial charge >= 0.3 is 5.97 Å². The van der Waals surface area contributed by atoms with Gasteiger partial charge in [0.15, 0.2) is 0 Å². The number of carbonyl (C=O) groups is 2. The van der Waals surface area contributed by atoms with Crippen LogP contribution in [0.25, 0.3) is 0 Å². The molecule has 5 nitrogen and oxygen atoms in total. The minimum Gasteiger partial charge on any atom is -0.481 e. The Bertz CT molecular complexity index is 263. The van der Waals surface area contributed by atoms with Crippen LogP contribution in [0.4, 0.5) is 0 Å². The van der Waals surface area contributed by atoms with Crippen molar-refractivity contribution in [3.8, 4) is 0 Å². The van der Waals surface area contributed by atoms with Gasteiger partial charge in [0.1, 0.15) is 0 Å². The van der Waals surface area contributed by atoms with E-state index in [1.54, 1.807) is 4.90 Å². The van der Waals surface area contributed by atoms with Crippen molar-refractivity contribution in [2.75, 3.05) is 19.8 Å². The van der Waals surface area contributed by atoms with Crippen molar-refractivity contribution in [2.24, 2.45) is 0 Å². The van der Waals surface area contributed by atoms with Gasteiger partial charge < -0.3 is 14.7 Å². The van der Waals surface area contributed by atoms with E-state index < -0.39 is 5.97 Å². The predicted molar refractivity (Wildman–Crippen MR) is 62.7 cm³/mol. The van der Waals surface area contributed by atoms with E-state index in [-0.39, 0.29) is 18.4 Å². The second-order valence-corrected chi connectivity index (χ2v) is 4.26. The highest BCUT2D eigenvalue weighted by atomic mass is 16.5. The molecule has 0 aliphatic heterocycles. The summed E-state index contributed by atoms with van der Waals surface area (Å²) in [4.78, 5) is 24.1. The van der Waals surface area contributed by atoms with Gasteiger partial charge in [0.2, 0.25) is 5.91 Å². The molecule has 1 fully saturated rings. The molecule has 5 heteroatoms. The van der Waals surface area contributed by atoms with Crippen molar-refractivity contribution in [3.63, 3.8) is 0 Å². The largest absolute Gasteiger partial charge is 0.481 e. The lowest BCUT2D eigenvalue weighted by Crippen LogP contribution is -2.35. The number of ether oxygens (including phenoxy) is 1. The number of hydrogen-bond donors (Lipinski definition) is 1. The second-order valence-electron chi connectivity index (χ2n) is 4.26. The van der Waals surface area contributed by atoms with Gasteiger partial charge in [0.25, 0.3) is 0 Å². The van der Waals surface area contributed by atoms with Crippen molar-refractivity contribution in [1.29, 1.82) is 0 Å². The summed E-state index contributed by atoms with van der Waals surface area (Å²) in [5.74, 6) is -0.786. The summed E-state index contributed by atoms with van der Waals surface area (Å²) in [5.41, 5.74) is 0. The molecule has 1 saturated carbocycles. The maximum atomic E-state index is 11.9. The number of carboxylic acid groups (broad SMARTS) is 1. The van der Waals surface area contributed by atoms with Crippen LogP contribution >= 0.6 is 0 Å².